The van der Waals surface area contributed by atoms with Crippen molar-refractivity contribution in [3.8, 4) is 0 Å². The highest BCUT2D eigenvalue weighted by Crippen LogP contribution is 2.16. The fourth-order valence-corrected chi connectivity index (χ4v) is 3.54. The van der Waals surface area contributed by atoms with Crippen molar-refractivity contribution < 1.29 is 14.0 Å². The molecule has 8 heteroatoms. The molecule has 0 spiro atoms. The van der Waals surface area contributed by atoms with Crippen molar-refractivity contribution >= 4 is 23.6 Å². The number of furan rings is 1. The van der Waals surface area contributed by atoms with E-state index in [-0.39, 0.29) is 11.8 Å². The number of hydrogen-bond donors (Lipinski definition) is 0. The zero-order valence-electron chi connectivity index (χ0n) is 14.3. The second-order valence-electron chi connectivity index (χ2n) is 5.87. The molecule has 25 heavy (non-hydrogen) atoms. The molecule has 0 radical (unpaired) electrons. The van der Waals surface area contributed by atoms with E-state index in [1.807, 2.05) is 19.9 Å². The summed E-state index contributed by atoms with van der Waals surface area (Å²) in [6, 6.07) is 5.25. The molecule has 0 bridgehead atoms. The number of aryl methyl sites for hydroxylation is 2. The molecule has 132 valence electrons. The van der Waals surface area contributed by atoms with Crippen molar-refractivity contribution in [2.75, 3.05) is 31.9 Å². The van der Waals surface area contributed by atoms with Crippen molar-refractivity contribution in [2.45, 2.75) is 19.0 Å². The van der Waals surface area contributed by atoms with Gasteiger partial charge < -0.3 is 14.2 Å². The highest BCUT2D eigenvalue weighted by Gasteiger charge is 2.26. The SMILES string of the molecule is Cc1cc(C)nc(SCC(=O)N2CCN(C(=O)c3ccco3)CC2)n1. The van der Waals surface area contributed by atoms with Crippen LogP contribution in [-0.2, 0) is 4.79 Å². The normalized spacial score (nSPS) is 14.6. The first-order chi connectivity index (χ1) is 12.0. The molecule has 1 saturated heterocycles. The minimum atomic E-state index is -0.130. The van der Waals surface area contributed by atoms with E-state index >= 15 is 0 Å². The fourth-order valence-electron chi connectivity index (χ4n) is 2.69. The van der Waals surface area contributed by atoms with Crippen molar-refractivity contribution in [1.29, 1.82) is 0 Å². The zero-order chi connectivity index (χ0) is 17.8. The maximum Gasteiger partial charge on any atom is 0.289 e. The van der Waals surface area contributed by atoms with Crippen molar-refractivity contribution in [3.05, 3.63) is 41.6 Å². The van der Waals surface area contributed by atoms with Gasteiger partial charge in [0.1, 0.15) is 0 Å². The van der Waals surface area contributed by atoms with Crippen LogP contribution >= 0.6 is 11.8 Å². The highest BCUT2D eigenvalue weighted by atomic mass is 32.2. The minimum Gasteiger partial charge on any atom is -0.459 e. The van der Waals surface area contributed by atoms with Gasteiger partial charge in [0.2, 0.25) is 5.91 Å². The Morgan fingerprint density at radius 3 is 2.36 bits per heavy atom. The molecule has 0 aromatic carbocycles. The lowest BCUT2D eigenvalue weighted by Crippen LogP contribution is -2.51. The molecule has 3 rings (SSSR count). The average Bonchev–Trinajstić information content (AvgIpc) is 3.13. The number of thioether (sulfide) groups is 1. The van der Waals surface area contributed by atoms with E-state index in [1.54, 1.807) is 21.9 Å². The van der Waals surface area contributed by atoms with Gasteiger partial charge in [-0.25, -0.2) is 9.97 Å². The topological polar surface area (TPSA) is 79.5 Å². The predicted molar refractivity (Wildman–Crippen MR) is 93.4 cm³/mol. The lowest BCUT2D eigenvalue weighted by atomic mass is 10.3. The summed E-state index contributed by atoms with van der Waals surface area (Å²) in [5.74, 6) is 0.546. The number of aromatic nitrogens is 2. The van der Waals surface area contributed by atoms with Crippen LogP contribution in [0.2, 0.25) is 0 Å². The van der Waals surface area contributed by atoms with Gasteiger partial charge in [-0.15, -0.1) is 0 Å². The molecule has 1 aliphatic rings. The van der Waals surface area contributed by atoms with Gasteiger partial charge in [0.25, 0.3) is 5.91 Å². The summed E-state index contributed by atoms with van der Waals surface area (Å²) in [4.78, 5) is 36.7. The summed E-state index contributed by atoms with van der Waals surface area (Å²) in [5, 5.41) is 0.623. The van der Waals surface area contributed by atoms with Crippen LogP contribution in [0.15, 0.2) is 34.0 Å². The monoisotopic (exact) mass is 360 g/mol. The van der Waals surface area contributed by atoms with E-state index in [9.17, 15) is 9.59 Å². The van der Waals surface area contributed by atoms with Crippen LogP contribution in [0.25, 0.3) is 0 Å². The Morgan fingerprint density at radius 2 is 1.76 bits per heavy atom. The standard InChI is InChI=1S/C17H20N4O3S/c1-12-10-13(2)19-17(18-12)25-11-15(22)20-5-7-21(8-6-20)16(23)14-4-3-9-24-14/h3-4,9-10H,5-8,11H2,1-2H3. The van der Waals surface area contributed by atoms with Crippen LogP contribution in [0, 0.1) is 13.8 Å². The van der Waals surface area contributed by atoms with Gasteiger partial charge in [-0.3, -0.25) is 9.59 Å². The van der Waals surface area contributed by atoms with Crippen LogP contribution in [0.4, 0.5) is 0 Å². The molecule has 0 N–H and O–H groups in total. The molecular weight excluding hydrogens is 340 g/mol. The van der Waals surface area contributed by atoms with Gasteiger partial charge in [0.05, 0.1) is 12.0 Å². The first-order valence-corrected chi connectivity index (χ1v) is 9.07. The highest BCUT2D eigenvalue weighted by molar-refractivity contribution is 7.99. The average molecular weight is 360 g/mol. The maximum atomic E-state index is 12.4. The van der Waals surface area contributed by atoms with E-state index in [4.69, 9.17) is 4.42 Å². The molecule has 2 aromatic rings. The minimum absolute atomic E-state index is 0.0397. The molecule has 2 amide bonds. The van der Waals surface area contributed by atoms with Crippen molar-refractivity contribution in [2.24, 2.45) is 0 Å². The Balaban J connectivity index is 1.49. The Kier molecular flexibility index (Phi) is 5.37. The molecule has 1 fully saturated rings. The molecule has 0 saturated carbocycles. The Hall–Kier alpha value is -2.35. The number of carbonyl (C=O) groups is 2. The molecular formula is C17H20N4O3S. The molecule has 7 nitrogen and oxygen atoms in total. The van der Waals surface area contributed by atoms with Crippen LogP contribution in [0.5, 0.6) is 0 Å². The van der Waals surface area contributed by atoms with Crippen LogP contribution in [-0.4, -0.2) is 63.5 Å². The molecule has 2 aromatic heterocycles. The summed E-state index contributed by atoms with van der Waals surface area (Å²) in [5.41, 5.74) is 1.79. The second-order valence-corrected chi connectivity index (χ2v) is 6.81. The quantitative estimate of drug-likeness (QED) is 0.611. The molecule has 0 unspecified atom stereocenters. The van der Waals surface area contributed by atoms with Crippen molar-refractivity contribution in [3.63, 3.8) is 0 Å². The van der Waals surface area contributed by atoms with E-state index in [0.29, 0.717) is 42.8 Å². The summed E-state index contributed by atoms with van der Waals surface area (Å²) in [7, 11) is 0. The molecule has 3 heterocycles. The molecule has 0 atom stereocenters. The third-order valence-electron chi connectivity index (χ3n) is 3.94. The van der Waals surface area contributed by atoms with Gasteiger partial charge >= 0.3 is 0 Å². The first kappa shape index (κ1) is 17.5. The summed E-state index contributed by atoms with van der Waals surface area (Å²) in [6.45, 7) is 5.90. The van der Waals surface area contributed by atoms with Gasteiger partial charge in [-0.05, 0) is 32.0 Å². The Labute approximate surface area is 150 Å². The second kappa shape index (κ2) is 7.69. The van der Waals surface area contributed by atoms with Gasteiger partial charge in [-0.2, -0.15) is 0 Å². The van der Waals surface area contributed by atoms with Gasteiger partial charge in [0.15, 0.2) is 10.9 Å². The zero-order valence-corrected chi connectivity index (χ0v) is 15.1. The van der Waals surface area contributed by atoms with Gasteiger partial charge in [0, 0.05) is 37.6 Å². The van der Waals surface area contributed by atoms with E-state index in [0.717, 1.165) is 11.4 Å². The van der Waals surface area contributed by atoms with Crippen LogP contribution in [0.1, 0.15) is 21.9 Å². The van der Waals surface area contributed by atoms with Crippen LogP contribution < -0.4 is 0 Å². The van der Waals surface area contributed by atoms with E-state index < -0.39 is 0 Å². The summed E-state index contributed by atoms with van der Waals surface area (Å²) < 4.78 is 5.14. The predicted octanol–water partition coefficient (Wildman–Crippen LogP) is 1.76. The smallest absolute Gasteiger partial charge is 0.289 e. The lowest BCUT2D eigenvalue weighted by Gasteiger charge is -2.34. The van der Waals surface area contributed by atoms with E-state index in [1.165, 1.54) is 18.0 Å². The number of hydrogen-bond acceptors (Lipinski definition) is 6. The molecule has 0 aliphatic carbocycles. The van der Waals surface area contributed by atoms with E-state index in [2.05, 4.69) is 9.97 Å². The summed E-state index contributed by atoms with van der Waals surface area (Å²) >= 11 is 1.35. The third-order valence-corrected chi connectivity index (χ3v) is 4.77. The fraction of sp³-hybridized carbons (Fsp3) is 0.412. The Morgan fingerprint density at radius 1 is 1.12 bits per heavy atom. The van der Waals surface area contributed by atoms with Crippen LogP contribution in [0.3, 0.4) is 0 Å². The number of carbonyl (C=O) groups excluding carboxylic acids is 2. The number of rotatable bonds is 4. The number of piperazine rings is 1. The largest absolute Gasteiger partial charge is 0.459 e. The molecule has 1 aliphatic heterocycles. The number of amides is 2. The lowest BCUT2D eigenvalue weighted by molar-refractivity contribution is -0.129. The maximum absolute atomic E-state index is 12.4. The first-order valence-electron chi connectivity index (χ1n) is 8.08. The van der Waals surface area contributed by atoms with Gasteiger partial charge in [-0.1, -0.05) is 11.8 Å². The Bertz CT molecular complexity index is 735. The number of nitrogens with zero attached hydrogens (tertiary/aromatic N) is 4. The summed E-state index contributed by atoms with van der Waals surface area (Å²) in [6.07, 6.45) is 1.49. The van der Waals surface area contributed by atoms with Crippen molar-refractivity contribution in [1.82, 2.24) is 19.8 Å². The third kappa shape index (κ3) is 4.39.